The van der Waals surface area contributed by atoms with Crippen LogP contribution in [0.15, 0.2) is 42.5 Å². The lowest BCUT2D eigenvalue weighted by molar-refractivity contribution is -0.383. The number of nitro groups is 1. The van der Waals surface area contributed by atoms with Crippen molar-refractivity contribution in [3.05, 3.63) is 58.1 Å². The third-order valence-electron chi connectivity index (χ3n) is 2.93. The summed E-state index contributed by atoms with van der Waals surface area (Å²) in [6, 6.07) is 12.1. The Hall–Kier alpha value is -2.67. The Labute approximate surface area is 133 Å². The molecule has 22 heavy (non-hydrogen) atoms. The monoisotopic (exact) mass is 317 g/mol. The van der Waals surface area contributed by atoms with Gasteiger partial charge >= 0.3 is 0 Å². The molecule has 0 radical (unpaired) electrons. The van der Waals surface area contributed by atoms with E-state index in [2.05, 4.69) is 10.6 Å². The number of hydrogen-bond donors (Lipinski definition) is 2. The van der Waals surface area contributed by atoms with Gasteiger partial charge in [0.25, 0.3) is 5.69 Å². The molecule has 0 fully saturated rings. The molecule has 7 heteroatoms. The minimum Gasteiger partial charge on any atom is -0.497 e. The number of nitro benzene ring substituents is 1. The lowest BCUT2D eigenvalue weighted by atomic mass is 10.2. The van der Waals surface area contributed by atoms with Crippen LogP contribution in [0.5, 0.6) is 5.75 Å². The summed E-state index contributed by atoms with van der Waals surface area (Å²) < 4.78 is 5.13. The lowest BCUT2D eigenvalue weighted by Crippen LogP contribution is -2.19. The van der Waals surface area contributed by atoms with Gasteiger partial charge < -0.3 is 15.4 Å². The van der Waals surface area contributed by atoms with E-state index >= 15 is 0 Å². The van der Waals surface area contributed by atoms with Crippen LogP contribution in [0.25, 0.3) is 0 Å². The van der Waals surface area contributed by atoms with E-state index in [9.17, 15) is 10.1 Å². The summed E-state index contributed by atoms with van der Waals surface area (Å²) in [5.74, 6) is 0.689. The minimum atomic E-state index is -0.441. The van der Waals surface area contributed by atoms with Crippen molar-refractivity contribution >= 4 is 34.4 Å². The van der Waals surface area contributed by atoms with Crippen molar-refractivity contribution in [1.29, 1.82) is 0 Å². The number of anilines is 2. The van der Waals surface area contributed by atoms with Crippen LogP contribution in [0.3, 0.4) is 0 Å². The average molecular weight is 317 g/mol. The van der Waals surface area contributed by atoms with Gasteiger partial charge in [-0.3, -0.25) is 10.1 Å². The number of benzene rings is 2. The summed E-state index contributed by atoms with van der Waals surface area (Å²) in [5, 5.41) is 17.2. The van der Waals surface area contributed by atoms with Crippen LogP contribution in [0.4, 0.5) is 17.1 Å². The summed E-state index contributed by atoms with van der Waals surface area (Å²) >= 11 is 5.19. The molecule has 2 aromatic carbocycles. The molecular formula is C15H15N3O3S. The summed E-state index contributed by atoms with van der Waals surface area (Å²) in [4.78, 5) is 10.6. The maximum Gasteiger partial charge on any atom is 0.292 e. The molecule has 0 aliphatic heterocycles. The van der Waals surface area contributed by atoms with Crippen LogP contribution in [0.2, 0.25) is 0 Å². The van der Waals surface area contributed by atoms with Crippen molar-refractivity contribution in [1.82, 2.24) is 0 Å². The molecule has 0 saturated heterocycles. The SMILES string of the molecule is COc1cccc(NC(=S)Nc2ccc(C)cc2[N+](=O)[O-])c1. The fourth-order valence-electron chi connectivity index (χ4n) is 1.88. The van der Waals surface area contributed by atoms with E-state index in [-0.39, 0.29) is 10.8 Å². The first kappa shape index (κ1) is 15.7. The second-order valence-corrected chi connectivity index (χ2v) is 5.00. The Kier molecular flexibility index (Phi) is 4.90. The third kappa shape index (κ3) is 3.92. The number of nitrogens with zero attached hydrogens (tertiary/aromatic N) is 1. The topological polar surface area (TPSA) is 76.4 Å². The highest BCUT2D eigenvalue weighted by Gasteiger charge is 2.14. The van der Waals surface area contributed by atoms with Gasteiger partial charge in [-0.2, -0.15) is 0 Å². The molecule has 0 bridgehead atoms. The van der Waals surface area contributed by atoms with Gasteiger partial charge in [0.1, 0.15) is 11.4 Å². The van der Waals surface area contributed by atoms with E-state index in [4.69, 9.17) is 17.0 Å². The van der Waals surface area contributed by atoms with E-state index in [1.165, 1.54) is 6.07 Å². The van der Waals surface area contributed by atoms with Gasteiger partial charge in [-0.25, -0.2) is 0 Å². The van der Waals surface area contributed by atoms with Gasteiger partial charge in [-0.15, -0.1) is 0 Å². The second kappa shape index (κ2) is 6.86. The first-order valence-corrected chi connectivity index (χ1v) is 6.87. The van der Waals surface area contributed by atoms with Crippen molar-refractivity contribution in [2.45, 2.75) is 6.92 Å². The van der Waals surface area contributed by atoms with Gasteiger partial charge in [0, 0.05) is 17.8 Å². The van der Waals surface area contributed by atoms with Crippen molar-refractivity contribution in [3.8, 4) is 5.75 Å². The predicted octanol–water partition coefficient (Wildman–Crippen LogP) is 3.72. The molecule has 114 valence electrons. The Morgan fingerprint density at radius 3 is 2.68 bits per heavy atom. The van der Waals surface area contributed by atoms with Crippen LogP contribution in [-0.2, 0) is 0 Å². The highest BCUT2D eigenvalue weighted by atomic mass is 32.1. The van der Waals surface area contributed by atoms with E-state index in [0.717, 1.165) is 11.3 Å². The van der Waals surface area contributed by atoms with Crippen molar-refractivity contribution in [3.63, 3.8) is 0 Å². The number of methoxy groups -OCH3 is 1. The zero-order chi connectivity index (χ0) is 16.1. The van der Waals surface area contributed by atoms with Gasteiger partial charge in [0.15, 0.2) is 5.11 Å². The van der Waals surface area contributed by atoms with Crippen LogP contribution >= 0.6 is 12.2 Å². The number of ether oxygens (including phenoxy) is 1. The van der Waals surface area contributed by atoms with Gasteiger partial charge in [0.05, 0.1) is 12.0 Å². The van der Waals surface area contributed by atoms with E-state index in [1.807, 2.05) is 18.2 Å². The quantitative estimate of drug-likeness (QED) is 0.508. The molecule has 2 N–H and O–H groups in total. The average Bonchev–Trinajstić information content (AvgIpc) is 2.49. The molecular weight excluding hydrogens is 302 g/mol. The molecule has 0 amide bonds. The van der Waals surface area contributed by atoms with Gasteiger partial charge in [-0.1, -0.05) is 12.1 Å². The number of aryl methyl sites for hydroxylation is 1. The standard InChI is InChI=1S/C15H15N3O3S/c1-10-6-7-13(14(8-10)18(19)20)17-15(22)16-11-4-3-5-12(9-11)21-2/h3-9H,1-2H3,(H2,16,17,22). The number of rotatable bonds is 4. The van der Waals surface area contributed by atoms with Crippen LogP contribution < -0.4 is 15.4 Å². The van der Waals surface area contributed by atoms with E-state index in [1.54, 1.807) is 32.2 Å². The number of hydrogen-bond acceptors (Lipinski definition) is 4. The smallest absolute Gasteiger partial charge is 0.292 e. The molecule has 6 nitrogen and oxygen atoms in total. The first-order chi connectivity index (χ1) is 10.5. The molecule has 0 aromatic heterocycles. The van der Waals surface area contributed by atoms with Crippen LogP contribution in [-0.4, -0.2) is 17.1 Å². The number of nitrogens with one attached hydrogen (secondary N) is 2. The summed E-state index contributed by atoms with van der Waals surface area (Å²) in [6.45, 7) is 1.80. The predicted molar refractivity (Wildman–Crippen MR) is 90.7 cm³/mol. The molecule has 0 aliphatic carbocycles. The summed E-state index contributed by atoms with van der Waals surface area (Å²) in [5.41, 5.74) is 1.86. The van der Waals surface area contributed by atoms with Crippen LogP contribution in [0.1, 0.15) is 5.56 Å². The second-order valence-electron chi connectivity index (χ2n) is 4.59. The molecule has 0 heterocycles. The fraction of sp³-hybridized carbons (Fsp3) is 0.133. The molecule has 2 aromatic rings. The number of thiocarbonyl (C=S) groups is 1. The Morgan fingerprint density at radius 2 is 2.00 bits per heavy atom. The Morgan fingerprint density at radius 1 is 1.23 bits per heavy atom. The van der Waals surface area contributed by atoms with Crippen molar-refractivity contribution < 1.29 is 9.66 Å². The van der Waals surface area contributed by atoms with E-state index < -0.39 is 4.92 Å². The molecule has 0 atom stereocenters. The molecule has 0 spiro atoms. The van der Waals surface area contributed by atoms with Crippen molar-refractivity contribution in [2.24, 2.45) is 0 Å². The third-order valence-corrected chi connectivity index (χ3v) is 3.13. The molecule has 0 saturated carbocycles. The van der Waals surface area contributed by atoms with Gasteiger partial charge in [-0.05, 0) is 42.9 Å². The van der Waals surface area contributed by atoms with Gasteiger partial charge in [0.2, 0.25) is 0 Å². The highest BCUT2D eigenvalue weighted by Crippen LogP contribution is 2.25. The minimum absolute atomic E-state index is 0.0187. The van der Waals surface area contributed by atoms with E-state index in [0.29, 0.717) is 11.4 Å². The highest BCUT2D eigenvalue weighted by molar-refractivity contribution is 7.80. The summed E-state index contributed by atoms with van der Waals surface area (Å²) in [6.07, 6.45) is 0. The molecule has 0 unspecified atom stereocenters. The largest absolute Gasteiger partial charge is 0.497 e. The maximum atomic E-state index is 11.1. The fourth-order valence-corrected chi connectivity index (χ4v) is 2.11. The maximum absolute atomic E-state index is 11.1. The van der Waals surface area contributed by atoms with Crippen LogP contribution in [0, 0.1) is 17.0 Å². The zero-order valence-corrected chi connectivity index (χ0v) is 12.9. The molecule has 0 aliphatic rings. The van der Waals surface area contributed by atoms with Crippen molar-refractivity contribution in [2.75, 3.05) is 17.7 Å². The Bertz CT molecular complexity index is 719. The normalized spacial score (nSPS) is 9.91. The zero-order valence-electron chi connectivity index (χ0n) is 12.1. The first-order valence-electron chi connectivity index (χ1n) is 6.46. The molecule has 2 rings (SSSR count). The summed E-state index contributed by atoms with van der Waals surface area (Å²) in [7, 11) is 1.57. The Balaban J connectivity index is 2.13. The lowest BCUT2D eigenvalue weighted by Gasteiger charge is -2.12.